The summed E-state index contributed by atoms with van der Waals surface area (Å²) in [5.41, 5.74) is 0.826. The normalized spacial score (nSPS) is 13.4. The lowest BCUT2D eigenvalue weighted by Crippen LogP contribution is -2.35. The maximum absolute atomic E-state index is 15.0. The van der Waals surface area contributed by atoms with Gasteiger partial charge in [0, 0.05) is 41.5 Å². The summed E-state index contributed by atoms with van der Waals surface area (Å²) in [7, 11) is 1.54. The van der Waals surface area contributed by atoms with Crippen LogP contribution < -0.4 is 30.2 Å². The molecular weight excluding hydrogens is 577 g/mol. The minimum atomic E-state index is -1.05. The van der Waals surface area contributed by atoms with Crippen LogP contribution in [0, 0.1) is 17.6 Å². The molecule has 1 aliphatic rings. The Kier molecular flexibility index (Phi) is 9.80. The van der Waals surface area contributed by atoms with Crippen LogP contribution in [0.25, 0.3) is 10.9 Å². The summed E-state index contributed by atoms with van der Waals surface area (Å²) in [4.78, 5) is 29.0. The van der Waals surface area contributed by atoms with E-state index < -0.39 is 30.1 Å². The van der Waals surface area contributed by atoms with Gasteiger partial charge in [0.05, 0.1) is 19.2 Å². The number of pyridine rings is 1. The molecule has 2 amide bonds. The van der Waals surface area contributed by atoms with Crippen molar-refractivity contribution in [2.75, 3.05) is 32.1 Å². The molecule has 1 fully saturated rings. The third-order valence-electron chi connectivity index (χ3n) is 7.25. The van der Waals surface area contributed by atoms with Crippen LogP contribution in [0.15, 0.2) is 60.8 Å². The highest BCUT2D eigenvalue weighted by molar-refractivity contribution is 6.39. The molecule has 9 nitrogen and oxygen atoms in total. The zero-order chi connectivity index (χ0) is 31.1. The van der Waals surface area contributed by atoms with Gasteiger partial charge >= 0.3 is 11.8 Å². The van der Waals surface area contributed by atoms with Crippen LogP contribution in [0.1, 0.15) is 24.0 Å². The molecule has 12 heteroatoms. The number of carbonyl (C=O) groups is 2. The molecule has 0 spiro atoms. The summed E-state index contributed by atoms with van der Waals surface area (Å²) >= 11 is 0. The van der Waals surface area contributed by atoms with Gasteiger partial charge in [-0.3, -0.25) is 14.6 Å². The van der Waals surface area contributed by atoms with Gasteiger partial charge in [0.15, 0.2) is 23.1 Å². The number of nitrogens with zero attached hydrogens (tertiary/aromatic N) is 1. The first-order valence-electron chi connectivity index (χ1n) is 14.0. The number of carbonyl (C=O) groups excluding carboxylic acids is 2. The Labute approximate surface area is 251 Å². The number of fused-ring (bicyclic) bond motifs is 1. The Bertz CT molecular complexity index is 1660. The van der Waals surface area contributed by atoms with E-state index in [1.54, 1.807) is 18.2 Å². The fraction of sp³-hybridized carbons (Fsp3) is 0.281. The topological polar surface area (TPSA) is 111 Å². The van der Waals surface area contributed by atoms with E-state index in [1.165, 1.54) is 37.6 Å². The van der Waals surface area contributed by atoms with E-state index in [-0.39, 0.29) is 23.5 Å². The molecule has 1 aliphatic heterocycles. The van der Waals surface area contributed by atoms with Gasteiger partial charge < -0.3 is 30.2 Å². The van der Waals surface area contributed by atoms with Gasteiger partial charge in [-0.15, -0.1) is 0 Å². The van der Waals surface area contributed by atoms with Crippen molar-refractivity contribution in [1.82, 2.24) is 15.6 Å². The average Bonchev–Trinajstić information content (AvgIpc) is 3.04. The number of methoxy groups -OCH3 is 1. The summed E-state index contributed by atoms with van der Waals surface area (Å²) in [5.74, 6) is -1.91. The Morgan fingerprint density at radius 1 is 0.932 bits per heavy atom. The minimum absolute atomic E-state index is 0.0186. The number of hydrogen-bond donors (Lipinski definition) is 3. The van der Waals surface area contributed by atoms with Gasteiger partial charge in [-0.2, -0.15) is 0 Å². The Morgan fingerprint density at radius 2 is 1.75 bits per heavy atom. The number of anilines is 1. The van der Waals surface area contributed by atoms with Crippen molar-refractivity contribution in [2.24, 2.45) is 5.92 Å². The Morgan fingerprint density at radius 3 is 2.48 bits per heavy atom. The standard InChI is InChI=1S/C32H31F3N4O5/c1-42-29-14-23-26(15-30(29)43-18-19-6-9-36-10-7-19)37-11-8-27(23)44-28-5-4-22(13-25(28)35)39-32(41)31(40)38-17-20-2-3-21(16-33)24(34)12-20/h2-5,8,11-15,19,36H,6-7,9-10,16-18H2,1H3,(H,38,40)(H,39,41). The number of halogens is 3. The molecule has 0 aliphatic carbocycles. The highest BCUT2D eigenvalue weighted by Gasteiger charge is 2.19. The molecular formula is C32H31F3N4O5. The number of amides is 2. The second-order valence-corrected chi connectivity index (χ2v) is 10.3. The number of nitrogens with one attached hydrogen (secondary N) is 3. The Balaban J connectivity index is 1.23. The highest BCUT2D eigenvalue weighted by atomic mass is 19.1. The monoisotopic (exact) mass is 608 g/mol. The van der Waals surface area contributed by atoms with Crippen LogP contribution in [-0.4, -0.2) is 43.6 Å². The summed E-state index contributed by atoms with van der Waals surface area (Å²) < 4.78 is 59.0. The number of hydrogen-bond acceptors (Lipinski definition) is 7. The maximum Gasteiger partial charge on any atom is 0.313 e. The van der Waals surface area contributed by atoms with E-state index >= 15 is 4.39 Å². The molecule has 3 aromatic carbocycles. The number of aromatic nitrogens is 1. The quantitative estimate of drug-likeness (QED) is 0.206. The molecule has 5 rings (SSSR count). The van der Waals surface area contributed by atoms with Crippen molar-refractivity contribution in [3.8, 4) is 23.0 Å². The lowest BCUT2D eigenvalue weighted by Gasteiger charge is -2.23. The van der Waals surface area contributed by atoms with Crippen LogP contribution in [0.4, 0.5) is 18.9 Å². The maximum atomic E-state index is 15.0. The second kappa shape index (κ2) is 14.1. The number of piperidine rings is 1. The highest BCUT2D eigenvalue weighted by Crippen LogP contribution is 2.38. The number of ether oxygens (including phenoxy) is 3. The smallest absolute Gasteiger partial charge is 0.313 e. The van der Waals surface area contributed by atoms with E-state index in [4.69, 9.17) is 14.2 Å². The van der Waals surface area contributed by atoms with Crippen molar-refractivity contribution in [2.45, 2.75) is 26.1 Å². The largest absolute Gasteiger partial charge is 0.493 e. The van der Waals surface area contributed by atoms with Crippen molar-refractivity contribution in [3.63, 3.8) is 0 Å². The molecule has 1 aromatic heterocycles. The zero-order valence-electron chi connectivity index (χ0n) is 23.9. The van der Waals surface area contributed by atoms with Crippen LogP contribution >= 0.6 is 0 Å². The average molecular weight is 609 g/mol. The SMILES string of the molecule is COc1cc2c(Oc3ccc(NC(=O)C(=O)NCc4ccc(CF)c(F)c4)cc3F)ccnc2cc1OCC1CCNCC1. The number of alkyl halides is 1. The van der Waals surface area contributed by atoms with Crippen LogP contribution in [0.3, 0.4) is 0 Å². The molecule has 44 heavy (non-hydrogen) atoms. The molecule has 0 radical (unpaired) electrons. The first-order valence-corrected chi connectivity index (χ1v) is 14.0. The molecule has 0 bridgehead atoms. The van der Waals surface area contributed by atoms with Gasteiger partial charge in [-0.25, -0.2) is 13.2 Å². The molecule has 0 atom stereocenters. The van der Waals surface area contributed by atoms with E-state index in [1.807, 2.05) is 0 Å². The van der Waals surface area contributed by atoms with Gasteiger partial charge in [0.1, 0.15) is 18.2 Å². The number of rotatable bonds is 10. The van der Waals surface area contributed by atoms with Crippen molar-refractivity contribution < 1.29 is 37.0 Å². The van der Waals surface area contributed by atoms with Gasteiger partial charge in [-0.05, 0) is 67.7 Å². The van der Waals surface area contributed by atoms with Gasteiger partial charge in [0.25, 0.3) is 0 Å². The van der Waals surface area contributed by atoms with Gasteiger partial charge in [0.2, 0.25) is 0 Å². The van der Waals surface area contributed by atoms with E-state index in [0.717, 1.165) is 38.1 Å². The first-order chi connectivity index (χ1) is 21.3. The third kappa shape index (κ3) is 7.38. The second-order valence-electron chi connectivity index (χ2n) is 10.3. The minimum Gasteiger partial charge on any atom is -0.493 e. The van der Waals surface area contributed by atoms with Gasteiger partial charge in [-0.1, -0.05) is 12.1 Å². The summed E-state index contributed by atoms with van der Waals surface area (Å²) in [6.07, 6.45) is 3.61. The summed E-state index contributed by atoms with van der Waals surface area (Å²) in [6.45, 7) is 1.38. The van der Waals surface area contributed by atoms with E-state index in [0.29, 0.717) is 46.2 Å². The van der Waals surface area contributed by atoms with E-state index in [2.05, 4.69) is 20.9 Å². The third-order valence-corrected chi connectivity index (χ3v) is 7.25. The van der Waals surface area contributed by atoms with Crippen molar-refractivity contribution in [1.29, 1.82) is 0 Å². The zero-order valence-corrected chi connectivity index (χ0v) is 23.9. The molecule has 230 valence electrons. The van der Waals surface area contributed by atoms with E-state index in [9.17, 15) is 18.4 Å². The fourth-order valence-electron chi connectivity index (χ4n) is 4.79. The summed E-state index contributed by atoms with van der Waals surface area (Å²) in [6, 6.07) is 12.6. The molecule has 0 saturated carbocycles. The summed E-state index contributed by atoms with van der Waals surface area (Å²) in [5, 5.41) is 8.56. The van der Waals surface area contributed by atoms with Crippen LogP contribution in [0.5, 0.6) is 23.0 Å². The molecule has 0 unspecified atom stereocenters. The van der Waals surface area contributed by atoms with Crippen LogP contribution in [-0.2, 0) is 22.8 Å². The predicted molar refractivity (Wildman–Crippen MR) is 158 cm³/mol. The molecule has 2 heterocycles. The van der Waals surface area contributed by atoms with Crippen molar-refractivity contribution >= 4 is 28.4 Å². The molecule has 1 saturated heterocycles. The lowest BCUT2D eigenvalue weighted by molar-refractivity contribution is -0.136. The van der Waals surface area contributed by atoms with Crippen LogP contribution in [0.2, 0.25) is 0 Å². The predicted octanol–water partition coefficient (Wildman–Crippen LogP) is 5.42. The molecule has 4 aromatic rings. The fourth-order valence-corrected chi connectivity index (χ4v) is 4.79. The number of benzene rings is 3. The van der Waals surface area contributed by atoms with Crippen molar-refractivity contribution in [3.05, 3.63) is 83.6 Å². The molecule has 3 N–H and O–H groups in total. The first kappa shape index (κ1) is 30.6. The lowest BCUT2D eigenvalue weighted by atomic mass is 9.99. The Hall–Kier alpha value is -4.84.